The fraction of sp³-hybridized carbons (Fsp3) is 0.316. The van der Waals surface area contributed by atoms with Crippen molar-refractivity contribution in [3.8, 4) is 0 Å². The van der Waals surface area contributed by atoms with Crippen LogP contribution in [0.2, 0.25) is 0 Å². The minimum Gasteiger partial charge on any atom is -0.353 e. The monoisotopic (exact) mass is 356 g/mol. The summed E-state index contributed by atoms with van der Waals surface area (Å²) in [5.74, 6) is -0.190. The van der Waals surface area contributed by atoms with Gasteiger partial charge in [-0.3, -0.25) is 14.4 Å². The van der Waals surface area contributed by atoms with Gasteiger partial charge in [-0.15, -0.1) is 11.3 Å². The number of piperazine rings is 1. The van der Waals surface area contributed by atoms with Crippen LogP contribution in [0.3, 0.4) is 0 Å². The van der Waals surface area contributed by atoms with Gasteiger partial charge in [-0.25, -0.2) is 0 Å². The molecule has 0 bridgehead atoms. The minimum atomic E-state index is -0.491. The first-order valence-corrected chi connectivity index (χ1v) is 9.12. The Morgan fingerprint density at radius 1 is 1.24 bits per heavy atom. The van der Waals surface area contributed by atoms with E-state index in [-0.39, 0.29) is 24.0 Å². The highest BCUT2D eigenvalue weighted by Gasteiger charge is 2.33. The van der Waals surface area contributed by atoms with Gasteiger partial charge < -0.3 is 10.2 Å². The molecule has 1 aromatic heterocycles. The van der Waals surface area contributed by atoms with Crippen LogP contribution in [0.4, 0.5) is 0 Å². The van der Waals surface area contributed by atoms with Crippen LogP contribution in [0.25, 0.3) is 0 Å². The molecule has 2 aromatic rings. The summed E-state index contributed by atoms with van der Waals surface area (Å²) in [6.45, 7) is 2.49. The van der Waals surface area contributed by atoms with Crippen molar-refractivity contribution in [3.05, 3.63) is 57.8 Å². The summed E-state index contributed by atoms with van der Waals surface area (Å²) >= 11 is 1.35. The van der Waals surface area contributed by atoms with Gasteiger partial charge >= 0.3 is 0 Å². The number of rotatable bonds is 5. The summed E-state index contributed by atoms with van der Waals surface area (Å²) < 4.78 is 0. The molecule has 130 valence electrons. The second-order valence-corrected chi connectivity index (χ2v) is 7.05. The van der Waals surface area contributed by atoms with Crippen LogP contribution in [0.1, 0.15) is 27.7 Å². The number of Topliss-reactive ketones (excluding diaryl/α,β-unsaturated/α-hetero) is 1. The largest absolute Gasteiger partial charge is 0.353 e. The van der Waals surface area contributed by atoms with Gasteiger partial charge in [0, 0.05) is 19.5 Å². The Balaban J connectivity index is 1.73. The normalized spacial score (nSPS) is 17.2. The van der Waals surface area contributed by atoms with Gasteiger partial charge in [0.1, 0.15) is 6.04 Å². The molecule has 1 fully saturated rings. The SMILES string of the molecule is CC(=O)c1cc(CC(=O)N2CCNC(=O)[C@@H]2Cc2ccccc2)cs1. The number of hydrogen-bond acceptors (Lipinski definition) is 4. The number of carbonyl (C=O) groups is 3. The molecule has 1 saturated heterocycles. The molecule has 1 N–H and O–H groups in total. The number of thiophene rings is 1. The van der Waals surface area contributed by atoms with Crippen molar-refractivity contribution in [2.24, 2.45) is 0 Å². The van der Waals surface area contributed by atoms with Crippen LogP contribution in [0.5, 0.6) is 0 Å². The number of nitrogens with zero attached hydrogens (tertiary/aromatic N) is 1. The molecule has 0 aliphatic carbocycles. The number of hydrogen-bond donors (Lipinski definition) is 1. The predicted octanol–water partition coefficient (Wildman–Crippen LogP) is 2.06. The van der Waals surface area contributed by atoms with E-state index < -0.39 is 6.04 Å². The van der Waals surface area contributed by atoms with E-state index in [1.807, 2.05) is 35.7 Å². The lowest BCUT2D eigenvalue weighted by Crippen LogP contribution is -2.58. The van der Waals surface area contributed by atoms with Crippen LogP contribution < -0.4 is 5.32 Å². The molecule has 2 amide bonds. The van der Waals surface area contributed by atoms with Crippen molar-refractivity contribution in [2.45, 2.75) is 25.8 Å². The third-order valence-electron chi connectivity index (χ3n) is 4.28. The molecule has 0 spiro atoms. The molecule has 1 aliphatic rings. The average Bonchev–Trinajstić information content (AvgIpc) is 3.06. The van der Waals surface area contributed by atoms with E-state index >= 15 is 0 Å². The van der Waals surface area contributed by atoms with E-state index in [0.717, 1.165) is 11.1 Å². The molecule has 6 heteroatoms. The lowest BCUT2D eigenvalue weighted by Gasteiger charge is -2.35. The number of benzene rings is 1. The third-order valence-corrected chi connectivity index (χ3v) is 5.36. The topological polar surface area (TPSA) is 66.5 Å². The zero-order valence-corrected chi connectivity index (χ0v) is 14.8. The fourth-order valence-corrected chi connectivity index (χ4v) is 3.80. The first-order chi connectivity index (χ1) is 12.0. The van der Waals surface area contributed by atoms with E-state index in [1.54, 1.807) is 11.0 Å². The molecule has 1 aromatic carbocycles. The van der Waals surface area contributed by atoms with Gasteiger partial charge in [-0.2, -0.15) is 0 Å². The molecule has 25 heavy (non-hydrogen) atoms. The lowest BCUT2D eigenvalue weighted by atomic mass is 10.0. The molecular weight excluding hydrogens is 336 g/mol. The Bertz CT molecular complexity index is 785. The van der Waals surface area contributed by atoms with Gasteiger partial charge in [0.2, 0.25) is 11.8 Å². The highest BCUT2D eigenvalue weighted by atomic mass is 32.1. The molecule has 0 saturated carbocycles. The number of nitrogens with one attached hydrogen (secondary N) is 1. The van der Waals surface area contributed by atoms with Gasteiger partial charge in [0.25, 0.3) is 0 Å². The van der Waals surface area contributed by atoms with Crippen LogP contribution in [0.15, 0.2) is 41.8 Å². The number of carbonyl (C=O) groups excluding carboxylic acids is 3. The second kappa shape index (κ2) is 7.61. The molecule has 0 radical (unpaired) electrons. The van der Waals surface area contributed by atoms with Crippen LogP contribution in [-0.4, -0.2) is 41.6 Å². The minimum absolute atomic E-state index is 0.00278. The van der Waals surface area contributed by atoms with Crippen molar-refractivity contribution in [1.29, 1.82) is 0 Å². The van der Waals surface area contributed by atoms with E-state index in [4.69, 9.17) is 0 Å². The van der Waals surface area contributed by atoms with E-state index in [0.29, 0.717) is 24.4 Å². The fourth-order valence-electron chi connectivity index (χ4n) is 2.98. The van der Waals surface area contributed by atoms with Crippen molar-refractivity contribution >= 4 is 28.9 Å². The van der Waals surface area contributed by atoms with Crippen LogP contribution in [0, 0.1) is 0 Å². The van der Waals surface area contributed by atoms with Crippen LogP contribution in [-0.2, 0) is 22.4 Å². The average molecular weight is 356 g/mol. The van der Waals surface area contributed by atoms with Gasteiger partial charge in [0.05, 0.1) is 11.3 Å². The van der Waals surface area contributed by atoms with Crippen molar-refractivity contribution in [2.75, 3.05) is 13.1 Å². The van der Waals surface area contributed by atoms with Gasteiger partial charge in [0.15, 0.2) is 5.78 Å². The first-order valence-electron chi connectivity index (χ1n) is 8.24. The Hall–Kier alpha value is -2.47. The van der Waals surface area contributed by atoms with Crippen molar-refractivity contribution in [3.63, 3.8) is 0 Å². The summed E-state index contributed by atoms with van der Waals surface area (Å²) in [5.41, 5.74) is 1.85. The van der Waals surface area contributed by atoms with Crippen molar-refractivity contribution in [1.82, 2.24) is 10.2 Å². The van der Waals surface area contributed by atoms with Gasteiger partial charge in [-0.1, -0.05) is 30.3 Å². The molecular formula is C19H20N2O3S. The quantitative estimate of drug-likeness (QED) is 0.834. The zero-order chi connectivity index (χ0) is 17.8. The molecule has 2 heterocycles. The maximum Gasteiger partial charge on any atom is 0.243 e. The molecule has 5 nitrogen and oxygen atoms in total. The summed E-state index contributed by atoms with van der Waals surface area (Å²) in [4.78, 5) is 38.8. The highest BCUT2D eigenvalue weighted by molar-refractivity contribution is 7.12. The first kappa shape index (κ1) is 17.4. The van der Waals surface area contributed by atoms with E-state index in [1.165, 1.54) is 18.3 Å². The molecule has 1 atom stereocenters. The number of amides is 2. The smallest absolute Gasteiger partial charge is 0.243 e. The van der Waals surface area contributed by atoms with E-state index in [9.17, 15) is 14.4 Å². The Morgan fingerprint density at radius 3 is 2.68 bits per heavy atom. The molecule has 0 unspecified atom stereocenters. The summed E-state index contributed by atoms with van der Waals surface area (Å²) in [5, 5.41) is 4.68. The maximum atomic E-state index is 12.8. The van der Waals surface area contributed by atoms with Crippen molar-refractivity contribution < 1.29 is 14.4 Å². The standard InChI is InChI=1S/C19H20N2O3S/c1-13(22)17-10-15(12-25-17)11-18(23)21-8-7-20-19(24)16(21)9-14-5-3-2-4-6-14/h2-6,10,12,16H,7-9,11H2,1H3,(H,20,24)/t16-/m0/s1. The van der Waals surface area contributed by atoms with E-state index in [2.05, 4.69) is 5.32 Å². The summed E-state index contributed by atoms with van der Waals surface area (Å²) in [6, 6.07) is 11.0. The Labute approximate surface area is 150 Å². The summed E-state index contributed by atoms with van der Waals surface area (Å²) in [7, 11) is 0. The Morgan fingerprint density at radius 2 is 2.00 bits per heavy atom. The number of ketones is 1. The maximum absolute atomic E-state index is 12.8. The van der Waals surface area contributed by atoms with Crippen LogP contribution >= 0.6 is 11.3 Å². The predicted molar refractivity (Wildman–Crippen MR) is 96.7 cm³/mol. The Kier molecular flexibility index (Phi) is 5.28. The molecule has 3 rings (SSSR count). The highest BCUT2D eigenvalue weighted by Crippen LogP contribution is 2.18. The lowest BCUT2D eigenvalue weighted by molar-refractivity contribution is -0.142. The second-order valence-electron chi connectivity index (χ2n) is 6.14. The summed E-state index contributed by atoms with van der Waals surface area (Å²) in [6.07, 6.45) is 0.711. The zero-order valence-electron chi connectivity index (χ0n) is 14.0. The third kappa shape index (κ3) is 4.14. The van der Waals surface area contributed by atoms with Gasteiger partial charge in [-0.05, 0) is 29.5 Å². The molecule has 1 aliphatic heterocycles.